The molecule has 3 rings (SSSR count). The van der Waals surface area contributed by atoms with Gasteiger partial charge in [0.25, 0.3) is 5.91 Å². The number of aryl methyl sites for hydroxylation is 1. The van der Waals surface area contributed by atoms with Gasteiger partial charge in [0.1, 0.15) is 0 Å². The minimum absolute atomic E-state index is 0.0932. The van der Waals surface area contributed by atoms with E-state index in [1.54, 1.807) is 6.20 Å². The third-order valence-electron chi connectivity index (χ3n) is 3.25. The molecule has 0 bridgehead atoms. The Kier molecular flexibility index (Phi) is 3.20. The largest absolute Gasteiger partial charge is 0.361 e. The van der Waals surface area contributed by atoms with Crippen molar-refractivity contribution >= 4 is 34.5 Å². The van der Waals surface area contributed by atoms with Crippen molar-refractivity contribution in [3.05, 3.63) is 64.8 Å². The van der Waals surface area contributed by atoms with Crippen molar-refractivity contribution in [3.8, 4) is 0 Å². The maximum Gasteiger partial charge on any atom is 0.257 e. The first-order valence-corrected chi connectivity index (χ1v) is 6.66. The SMILES string of the molecule is Cc1cc(NC=C2C(=O)Nc3ccccc32)ccc1Cl. The Morgan fingerprint density at radius 2 is 2.00 bits per heavy atom. The molecule has 0 saturated carbocycles. The monoisotopic (exact) mass is 284 g/mol. The molecule has 1 aliphatic rings. The van der Waals surface area contributed by atoms with Gasteiger partial charge in [0, 0.05) is 28.2 Å². The van der Waals surface area contributed by atoms with Crippen LogP contribution >= 0.6 is 11.6 Å². The number of carbonyl (C=O) groups excluding carboxylic acids is 1. The number of para-hydroxylation sites is 1. The average molecular weight is 285 g/mol. The highest BCUT2D eigenvalue weighted by Gasteiger charge is 2.23. The van der Waals surface area contributed by atoms with Crippen molar-refractivity contribution in [2.75, 3.05) is 10.6 Å². The summed E-state index contributed by atoms with van der Waals surface area (Å²) in [7, 11) is 0. The van der Waals surface area contributed by atoms with Gasteiger partial charge in [-0.2, -0.15) is 0 Å². The Morgan fingerprint density at radius 1 is 1.20 bits per heavy atom. The standard InChI is InChI=1S/C16H13ClN2O/c1-10-8-11(6-7-14(10)17)18-9-13-12-4-2-3-5-15(12)19-16(13)20/h2-9,18H,1H3,(H,19,20). The molecular weight excluding hydrogens is 272 g/mol. The quantitative estimate of drug-likeness (QED) is 0.817. The Balaban J connectivity index is 1.89. The number of anilines is 2. The summed E-state index contributed by atoms with van der Waals surface area (Å²) >= 11 is 5.99. The lowest BCUT2D eigenvalue weighted by atomic mass is 10.1. The van der Waals surface area contributed by atoms with Crippen molar-refractivity contribution in [2.24, 2.45) is 0 Å². The van der Waals surface area contributed by atoms with Gasteiger partial charge in [-0.05, 0) is 36.8 Å². The second-order valence-electron chi connectivity index (χ2n) is 4.67. The highest BCUT2D eigenvalue weighted by molar-refractivity contribution is 6.32. The van der Waals surface area contributed by atoms with Crippen LogP contribution in [0, 0.1) is 6.92 Å². The fourth-order valence-corrected chi connectivity index (χ4v) is 2.29. The van der Waals surface area contributed by atoms with E-state index in [0.717, 1.165) is 27.5 Å². The Bertz CT molecular complexity index is 722. The number of amides is 1. The molecular formula is C16H13ClN2O. The van der Waals surface area contributed by atoms with Gasteiger partial charge in [-0.25, -0.2) is 0 Å². The van der Waals surface area contributed by atoms with Crippen molar-refractivity contribution < 1.29 is 4.79 Å². The smallest absolute Gasteiger partial charge is 0.257 e. The molecule has 0 atom stereocenters. The Morgan fingerprint density at radius 3 is 2.80 bits per heavy atom. The number of nitrogens with one attached hydrogen (secondary N) is 2. The molecule has 2 aromatic rings. The molecule has 0 radical (unpaired) electrons. The number of rotatable bonds is 2. The van der Waals surface area contributed by atoms with E-state index in [-0.39, 0.29) is 5.91 Å². The van der Waals surface area contributed by atoms with Crippen LogP contribution in [-0.4, -0.2) is 5.91 Å². The van der Waals surface area contributed by atoms with Gasteiger partial charge in [-0.1, -0.05) is 29.8 Å². The summed E-state index contributed by atoms with van der Waals surface area (Å²) < 4.78 is 0. The lowest BCUT2D eigenvalue weighted by molar-refractivity contribution is -0.110. The molecule has 4 heteroatoms. The van der Waals surface area contributed by atoms with E-state index in [2.05, 4.69) is 10.6 Å². The molecule has 0 aromatic heterocycles. The van der Waals surface area contributed by atoms with Crippen LogP contribution in [0.25, 0.3) is 5.57 Å². The van der Waals surface area contributed by atoms with Crippen LogP contribution in [0.3, 0.4) is 0 Å². The first-order chi connectivity index (χ1) is 9.65. The zero-order valence-electron chi connectivity index (χ0n) is 10.9. The number of halogens is 1. The van der Waals surface area contributed by atoms with Crippen LogP contribution in [0.2, 0.25) is 5.02 Å². The van der Waals surface area contributed by atoms with E-state index in [1.165, 1.54) is 0 Å². The minimum Gasteiger partial charge on any atom is -0.361 e. The molecule has 2 aromatic carbocycles. The lowest BCUT2D eigenvalue weighted by Crippen LogP contribution is -2.05. The van der Waals surface area contributed by atoms with Crippen LogP contribution in [0.1, 0.15) is 11.1 Å². The van der Waals surface area contributed by atoms with E-state index in [1.807, 2.05) is 49.4 Å². The molecule has 100 valence electrons. The fourth-order valence-electron chi connectivity index (χ4n) is 2.17. The molecule has 3 nitrogen and oxygen atoms in total. The van der Waals surface area contributed by atoms with Crippen molar-refractivity contribution in [3.63, 3.8) is 0 Å². The van der Waals surface area contributed by atoms with Crippen molar-refractivity contribution in [1.29, 1.82) is 0 Å². The second-order valence-corrected chi connectivity index (χ2v) is 5.07. The van der Waals surface area contributed by atoms with E-state index in [4.69, 9.17) is 11.6 Å². The van der Waals surface area contributed by atoms with E-state index in [0.29, 0.717) is 5.57 Å². The summed E-state index contributed by atoms with van der Waals surface area (Å²) in [5.41, 5.74) is 4.28. The summed E-state index contributed by atoms with van der Waals surface area (Å²) in [5.74, 6) is -0.0932. The maximum atomic E-state index is 11.9. The van der Waals surface area contributed by atoms with Crippen LogP contribution in [-0.2, 0) is 4.79 Å². The van der Waals surface area contributed by atoms with E-state index < -0.39 is 0 Å². The maximum absolute atomic E-state index is 11.9. The van der Waals surface area contributed by atoms with Gasteiger partial charge in [-0.15, -0.1) is 0 Å². The van der Waals surface area contributed by atoms with Crippen LogP contribution in [0.4, 0.5) is 11.4 Å². The summed E-state index contributed by atoms with van der Waals surface area (Å²) in [5, 5.41) is 6.71. The van der Waals surface area contributed by atoms with Gasteiger partial charge in [0.15, 0.2) is 0 Å². The zero-order valence-corrected chi connectivity index (χ0v) is 11.7. The summed E-state index contributed by atoms with van der Waals surface area (Å²) in [6.45, 7) is 1.94. The predicted molar refractivity (Wildman–Crippen MR) is 82.9 cm³/mol. The number of benzene rings is 2. The van der Waals surface area contributed by atoms with Gasteiger partial charge < -0.3 is 10.6 Å². The Labute approximate surface area is 122 Å². The van der Waals surface area contributed by atoms with E-state index >= 15 is 0 Å². The van der Waals surface area contributed by atoms with Crippen molar-refractivity contribution in [2.45, 2.75) is 6.92 Å². The van der Waals surface area contributed by atoms with Gasteiger partial charge in [0.2, 0.25) is 0 Å². The molecule has 1 aliphatic heterocycles. The molecule has 0 saturated heterocycles. The zero-order chi connectivity index (χ0) is 14.1. The molecule has 0 fully saturated rings. The number of hydrogen-bond acceptors (Lipinski definition) is 2. The molecule has 0 aliphatic carbocycles. The predicted octanol–water partition coefficient (Wildman–Crippen LogP) is 4.05. The lowest BCUT2D eigenvalue weighted by Gasteiger charge is -2.05. The number of carbonyl (C=O) groups is 1. The minimum atomic E-state index is -0.0932. The molecule has 0 unspecified atom stereocenters. The summed E-state index contributed by atoms with van der Waals surface area (Å²) in [4.78, 5) is 11.9. The van der Waals surface area contributed by atoms with Gasteiger partial charge in [0.05, 0.1) is 5.57 Å². The van der Waals surface area contributed by atoms with Crippen LogP contribution < -0.4 is 10.6 Å². The van der Waals surface area contributed by atoms with Gasteiger partial charge in [-0.3, -0.25) is 4.79 Å². The first kappa shape index (κ1) is 12.8. The molecule has 1 amide bonds. The summed E-state index contributed by atoms with van der Waals surface area (Å²) in [6.07, 6.45) is 1.73. The van der Waals surface area contributed by atoms with Gasteiger partial charge >= 0.3 is 0 Å². The Hall–Kier alpha value is -2.26. The third kappa shape index (κ3) is 2.28. The van der Waals surface area contributed by atoms with E-state index in [9.17, 15) is 4.79 Å². The van der Waals surface area contributed by atoms with Crippen molar-refractivity contribution in [1.82, 2.24) is 0 Å². The average Bonchev–Trinajstić information content (AvgIpc) is 2.76. The van der Waals surface area contributed by atoms with Crippen LogP contribution in [0.5, 0.6) is 0 Å². The second kappa shape index (κ2) is 5.02. The molecule has 2 N–H and O–H groups in total. The molecule has 0 spiro atoms. The highest BCUT2D eigenvalue weighted by Crippen LogP contribution is 2.31. The molecule has 1 heterocycles. The first-order valence-electron chi connectivity index (χ1n) is 6.29. The number of hydrogen-bond donors (Lipinski definition) is 2. The highest BCUT2D eigenvalue weighted by atomic mass is 35.5. The fraction of sp³-hybridized carbons (Fsp3) is 0.0625. The normalized spacial score (nSPS) is 15.1. The summed E-state index contributed by atoms with van der Waals surface area (Å²) in [6, 6.07) is 13.3. The van der Waals surface area contributed by atoms with Crippen LogP contribution in [0.15, 0.2) is 48.7 Å². The number of fused-ring (bicyclic) bond motifs is 1. The third-order valence-corrected chi connectivity index (χ3v) is 3.68. The molecule has 20 heavy (non-hydrogen) atoms. The topological polar surface area (TPSA) is 41.1 Å².